The van der Waals surface area contributed by atoms with E-state index in [9.17, 15) is 18.0 Å². The van der Waals surface area contributed by atoms with Crippen LogP contribution in [0.25, 0.3) is 0 Å². The number of hydrogen-bond acceptors (Lipinski definition) is 6. The average molecular weight is 335 g/mol. The lowest BCUT2D eigenvalue weighted by molar-refractivity contribution is -0.137. The second-order valence-electron chi connectivity index (χ2n) is 4.46. The van der Waals surface area contributed by atoms with E-state index in [4.69, 9.17) is 5.11 Å². The van der Waals surface area contributed by atoms with Crippen LogP contribution in [0.1, 0.15) is 29.9 Å². The second-order valence-corrected chi connectivity index (χ2v) is 7.23. The summed E-state index contributed by atoms with van der Waals surface area (Å²) in [7, 11) is -2.79. The van der Waals surface area contributed by atoms with Crippen molar-refractivity contribution in [2.75, 3.05) is 13.7 Å². The van der Waals surface area contributed by atoms with Gasteiger partial charge in [0.2, 0.25) is 10.0 Å². The molecule has 0 saturated heterocycles. The Morgan fingerprint density at radius 1 is 1.43 bits per heavy atom. The number of aliphatic carboxylic acids is 1. The molecule has 0 fully saturated rings. The predicted octanol–water partition coefficient (Wildman–Crippen LogP) is 1.41. The molecule has 0 aromatic carbocycles. The molecule has 0 atom stereocenters. The molecule has 1 N–H and O–H groups in total. The van der Waals surface area contributed by atoms with Gasteiger partial charge in [0.25, 0.3) is 0 Å². The standard InChI is InChI=1S/C12H17NO6S2/c1-8(2)13(6-4-10(14)15)21(17,18)9-5-7-20-11(9)12(16)19-3/h5,7-8H,4,6H2,1-3H3,(H,14,15). The van der Waals surface area contributed by atoms with Crippen LogP contribution in [0.15, 0.2) is 16.3 Å². The predicted molar refractivity (Wildman–Crippen MR) is 76.9 cm³/mol. The maximum Gasteiger partial charge on any atom is 0.349 e. The number of carbonyl (C=O) groups excluding carboxylic acids is 1. The smallest absolute Gasteiger partial charge is 0.349 e. The number of carboxylic acid groups (broad SMARTS) is 1. The number of methoxy groups -OCH3 is 1. The van der Waals surface area contributed by atoms with E-state index in [-0.39, 0.29) is 22.7 Å². The molecule has 0 spiro atoms. The monoisotopic (exact) mass is 335 g/mol. The number of carbonyl (C=O) groups is 2. The summed E-state index contributed by atoms with van der Waals surface area (Å²) in [5.41, 5.74) is 0. The van der Waals surface area contributed by atoms with Crippen molar-refractivity contribution in [3.05, 3.63) is 16.3 Å². The van der Waals surface area contributed by atoms with Crippen LogP contribution < -0.4 is 0 Å². The highest BCUT2D eigenvalue weighted by molar-refractivity contribution is 7.89. The van der Waals surface area contributed by atoms with E-state index >= 15 is 0 Å². The van der Waals surface area contributed by atoms with Crippen molar-refractivity contribution in [1.82, 2.24) is 4.31 Å². The minimum absolute atomic E-state index is 0.0153. The zero-order valence-corrected chi connectivity index (χ0v) is 13.5. The molecular weight excluding hydrogens is 318 g/mol. The Morgan fingerprint density at radius 3 is 2.52 bits per heavy atom. The van der Waals surface area contributed by atoms with Crippen molar-refractivity contribution in [1.29, 1.82) is 0 Å². The third-order valence-corrected chi connectivity index (χ3v) is 5.85. The molecule has 7 nitrogen and oxygen atoms in total. The van der Waals surface area contributed by atoms with Crippen LogP contribution in [-0.4, -0.2) is 49.5 Å². The van der Waals surface area contributed by atoms with Crippen molar-refractivity contribution in [2.45, 2.75) is 31.2 Å². The number of nitrogens with zero attached hydrogens (tertiary/aromatic N) is 1. The van der Waals surface area contributed by atoms with E-state index in [1.165, 1.54) is 18.6 Å². The van der Waals surface area contributed by atoms with E-state index in [0.29, 0.717) is 0 Å². The van der Waals surface area contributed by atoms with Crippen LogP contribution in [0, 0.1) is 0 Å². The average Bonchev–Trinajstić information content (AvgIpc) is 2.86. The molecular formula is C12H17NO6S2. The highest BCUT2D eigenvalue weighted by Crippen LogP contribution is 2.27. The van der Waals surface area contributed by atoms with Gasteiger partial charge in [0.15, 0.2) is 0 Å². The van der Waals surface area contributed by atoms with E-state index < -0.39 is 28.0 Å². The van der Waals surface area contributed by atoms with Gasteiger partial charge in [-0.2, -0.15) is 4.31 Å². The number of sulfonamides is 1. The van der Waals surface area contributed by atoms with Crippen molar-refractivity contribution >= 4 is 33.3 Å². The minimum atomic E-state index is -3.96. The number of esters is 1. The molecule has 0 amide bonds. The lowest BCUT2D eigenvalue weighted by atomic mass is 10.3. The van der Waals surface area contributed by atoms with Crippen molar-refractivity contribution in [3.63, 3.8) is 0 Å². The topological polar surface area (TPSA) is 101 Å². The summed E-state index contributed by atoms with van der Waals surface area (Å²) in [6.07, 6.45) is -0.310. The van der Waals surface area contributed by atoms with E-state index in [2.05, 4.69) is 4.74 Å². The van der Waals surface area contributed by atoms with Gasteiger partial charge in [-0.05, 0) is 25.3 Å². The number of rotatable bonds is 7. The third kappa shape index (κ3) is 4.02. The largest absolute Gasteiger partial charge is 0.481 e. The third-order valence-electron chi connectivity index (χ3n) is 2.71. The van der Waals surface area contributed by atoms with E-state index in [0.717, 1.165) is 15.6 Å². The molecule has 1 aromatic rings. The number of carboxylic acids is 1. The Balaban J connectivity index is 3.21. The van der Waals surface area contributed by atoms with Gasteiger partial charge in [-0.3, -0.25) is 4.79 Å². The summed E-state index contributed by atoms with van der Waals surface area (Å²) in [4.78, 5) is 22.1. The lowest BCUT2D eigenvalue weighted by Gasteiger charge is -2.25. The molecule has 0 bridgehead atoms. The van der Waals surface area contributed by atoms with Gasteiger partial charge in [-0.25, -0.2) is 13.2 Å². The van der Waals surface area contributed by atoms with Gasteiger partial charge in [0.05, 0.1) is 13.5 Å². The van der Waals surface area contributed by atoms with Gasteiger partial charge in [0, 0.05) is 12.6 Å². The Labute approximate surface area is 127 Å². The molecule has 0 aliphatic heterocycles. The Hall–Kier alpha value is -1.45. The summed E-state index contributed by atoms with van der Waals surface area (Å²) in [5.74, 6) is -1.82. The summed E-state index contributed by atoms with van der Waals surface area (Å²) < 4.78 is 30.9. The molecule has 0 aliphatic carbocycles. The lowest BCUT2D eigenvalue weighted by Crippen LogP contribution is -2.38. The number of hydrogen-bond donors (Lipinski definition) is 1. The maximum absolute atomic E-state index is 12.6. The second kappa shape index (κ2) is 7.01. The van der Waals surface area contributed by atoms with Crippen LogP contribution in [0.5, 0.6) is 0 Å². The Morgan fingerprint density at radius 2 is 2.05 bits per heavy atom. The van der Waals surface area contributed by atoms with Crippen LogP contribution in [0.2, 0.25) is 0 Å². The molecule has 118 valence electrons. The highest BCUT2D eigenvalue weighted by Gasteiger charge is 2.32. The molecule has 0 radical (unpaired) electrons. The highest BCUT2D eigenvalue weighted by atomic mass is 32.2. The van der Waals surface area contributed by atoms with Crippen LogP contribution >= 0.6 is 11.3 Å². The normalized spacial score (nSPS) is 11.9. The van der Waals surface area contributed by atoms with Gasteiger partial charge in [-0.15, -0.1) is 11.3 Å². The molecule has 1 rings (SSSR count). The molecule has 1 aromatic heterocycles. The molecule has 21 heavy (non-hydrogen) atoms. The van der Waals surface area contributed by atoms with Gasteiger partial charge in [-0.1, -0.05) is 0 Å². The first-order chi connectivity index (χ1) is 9.71. The number of ether oxygens (including phenoxy) is 1. The Kier molecular flexibility index (Phi) is 5.87. The maximum atomic E-state index is 12.6. The zero-order chi connectivity index (χ0) is 16.2. The van der Waals surface area contributed by atoms with E-state index in [1.54, 1.807) is 13.8 Å². The summed E-state index contributed by atoms with van der Waals surface area (Å²) in [6.45, 7) is 3.12. The fourth-order valence-electron chi connectivity index (χ4n) is 1.73. The van der Waals surface area contributed by atoms with E-state index in [1.807, 2.05) is 0 Å². The molecule has 0 aliphatic rings. The van der Waals surface area contributed by atoms with Gasteiger partial charge < -0.3 is 9.84 Å². The van der Waals surface area contributed by atoms with Crippen LogP contribution in [-0.2, 0) is 19.6 Å². The van der Waals surface area contributed by atoms with Crippen molar-refractivity contribution < 1.29 is 27.9 Å². The summed E-state index contributed by atoms with van der Waals surface area (Å²) in [5, 5.41) is 10.2. The van der Waals surface area contributed by atoms with Gasteiger partial charge >= 0.3 is 11.9 Å². The minimum Gasteiger partial charge on any atom is -0.481 e. The summed E-state index contributed by atoms with van der Waals surface area (Å²) in [6, 6.07) is 0.891. The first-order valence-electron chi connectivity index (χ1n) is 6.11. The number of thiophene rings is 1. The molecule has 0 unspecified atom stereocenters. The molecule has 9 heteroatoms. The molecule has 1 heterocycles. The van der Waals surface area contributed by atoms with Crippen LogP contribution in [0.3, 0.4) is 0 Å². The van der Waals surface area contributed by atoms with Crippen molar-refractivity contribution in [2.24, 2.45) is 0 Å². The summed E-state index contributed by atoms with van der Waals surface area (Å²) >= 11 is 0.966. The fraction of sp³-hybridized carbons (Fsp3) is 0.500. The first kappa shape index (κ1) is 17.6. The fourth-order valence-corrected chi connectivity index (χ4v) is 4.68. The van der Waals surface area contributed by atoms with Gasteiger partial charge in [0.1, 0.15) is 9.77 Å². The van der Waals surface area contributed by atoms with Crippen LogP contribution in [0.4, 0.5) is 0 Å². The quantitative estimate of drug-likeness (QED) is 0.756. The van der Waals surface area contributed by atoms with Crippen molar-refractivity contribution in [3.8, 4) is 0 Å². The zero-order valence-electron chi connectivity index (χ0n) is 11.9. The first-order valence-corrected chi connectivity index (χ1v) is 8.43. The Bertz CT molecular complexity index is 619. The SMILES string of the molecule is COC(=O)c1sccc1S(=O)(=O)N(CCC(=O)O)C(C)C. The molecule has 0 saturated carbocycles.